The summed E-state index contributed by atoms with van der Waals surface area (Å²) in [5, 5.41) is 13.1. The van der Waals surface area contributed by atoms with Gasteiger partial charge in [-0.3, -0.25) is 10.1 Å². The quantitative estimate of drug-likeness (QED) is 0.505. The highest BCUT2D eigenvalue weighted by Gasteiger charge is 2.14. The van der Waals surface area contributed by atoms with Crippen LogP contribution in [-0.2, 0) is 11.3 Å². The first-order chi connectivity index (χ1) is 11.7. The molecule has 0 aliphatic rings. The number of nitro groups is 1. The molecule has 0 saturated heterocycles. The highest BCUT2D eigenvalue weighted by Crippen LogP contribution is 2.26. The van der Waals surface area contributed by atoms with Gasteiger partial charge >= 0.3 is 0 Å². The zero-order chi connectivity index (χ0) is 16.9. The van der Waals surface area contributed by atoms with Gasteiger partial charge in [-0.05, 0) is 18.2 Å². The van der Waals surface area contributed by atoms with Crippen LogP contribution in [0.4, 0.5) is 11.4 Å². The Balaban J connectivity index is 2.13. The van der Waals surface area contributed by atoms with Gasteiger partial charge in [0.15, 0.2) is 10.6 Å². The van der Waals surface area contributed by atoms with Crippen molar-refractivity contribution in [2.75, 3.05) is 13.7 Å². The average Bonchev–Trinajstić information content (AvgIpc) is 3.23. The number of rotatable bonds is 6. The van der Waals surface area contributed by atoms with Gasteiger partial charge in [0, 0.05) is 25.1 Å². The largest absolute Gasteiger partial charge is 0.463 e. The van der Waals surface area contributed by atoms with Crippen LogP contribution in [0.15, 0.2) is 57.5 Å². The highest BCUT2D eigenvalue weighted by atomic mass is 32.1. The van der Waals surface area contributed by atoms with E-state index in [1.165, 1.54) is 17.4 Å². The number of hydrogen-bond donors (Lipinski definition) is 0. The summed E-state index contributed by atoms with van der Waals surface area (Å²) in [5.41, 5.74) is 1.16. The van der Waals surface area contributed by atoms with Crippen molar-refractivity contribution in [1.82, 2.24) is 4.57 Å². The Kier molecular flexibility index (Phi) is 4.88. The molecule has 24 heavy (non-hydrogen) atoms. The van der Waals surface area contributed by atoms with E-state index in [2.05, 4.69) is 4.99 Å². The summed E-state index contributed by atoms with van der Waals surface area (Å²) in [4.78, 5) is 15.9. The molecular formula is C16H15N3O4S. The summed E-state index contributed by atoms with van der Waals surface area (Å²) in [6.07, 6.45) is 1.60. The van der Waals surface area contributed by atoms with Gasteiger partial charge < -0.3 is 13.7 Å². The first-order valence-corrected chi connectivity index (χ1v) is 8.08. The van der Waals surface area contributed by atoms with Crippen LogP contribution < -0.4 is 4.80 Å². The van der Waals surface area contributed by atoms with Gasteiger partial charge in [-0.15, -0.1) is 11.3 Å². The number of thiazole rings is 1. The molecule has 0 fully saturated rings. The first-order valence-electron chi connectivity index (χ1n) is 7.20. The molecule has 8 heteroatoms. The summed E-state index contributed by atoms with van der Waals surface area (Å²) in [7, 11) is 1.62. The fourth-order valence-electron chi connectivity index (χ4n) is 2.26. The minimum atomic E-state index is -0.431. The number of para-hydroxylation sites is 2. The second-order valence-electron chi connectivity index (χ2n) is 4.88. The molecular weight excluding hydrogens is 330 g/mol. The molecule has 0 N–H and O–H groups in total. The summed E-state index contributed by atoms with van der Waals surface area (Å²) >= 11 is 1.40. The topological polar surface area (TPSA) is 82.8 Å². The molecule has 0 spiro atoms. The molecule has 0 saturated carbocycles. The molecule has 0 atom stereocenters. The van der Waals surface area contributed by atoms with E-state index in [1.54, 1.807) is 31.6 Å². The molecule has 0 amide bonds. The lowest BCUT2D eigenvalue weighted by Crippen LogP contribution is -2.18. The zero-order valence-electron chi connectivity index (χ0n) is 12.9. The van der Waals surface area contributed by atoms with E-state index in [4.69, 9.17) is 9.15 Å². The Labute approximate surface area is 141 Å². The number of methoxy groups -OCH3 is 1. The van der Waals surface area contributed by atoms with E-state index in [0.717, 1.165) is 5.69 Å². The van der Waals surface area contributed by atoms with Crippen LogP contribution in [0.3, 0.4) is 0 Å². The molecule has 0 radical (unpaired) electrons. The van der Waals surface area contributed by atoms with Gasteiger partial charge in [0.2, 0.25) is 0 Å². The number of benzene rings is 1. The van der Waals surface area contributed by atoms with Gasteiger partial charge in [0.25, 0.3) is 5.69 Å². The van der Waals surface area contributed by atoms with Crippen LogP contribution in [0.2, 0.25) is 0 Å². The fraction of sp³-hybridized carbons (Fsp3) is 0.188. The van der Waals surface area contributed by atoms with Crippen molar-refractivity contribution in [3.05, 3.63) is 63.0 Å². The lowest BCUT2D eigenvalue weighted by Gasteiger charge is -2.06. The van der Waals surface area contributed by atoms with E-state index in [1.807, 2.05) is 22.1 Å². The van der Waals surface area contributed by atoms with Crippen molar-refractivity contribution in [2.24, 2.45) is 4.99 Å². The molecule has 0 bridgehead atoms. The van der Waals surface area contributed by atoms with Crippen molar-refractivity contribution in [2.45, 2.75) is 6.54 Å². The summed E-state index contributed by atoms with van der Waals surface area (Å²) < 4.78 is 12.6. The molecule has 2 heterocycles. The maximum Gasteiger partial charge on any atom is 0.294 e. The number of hydrogen-bond acceptors (Lipinski definition) is 6. The number of aromatic nitrogens is 1. The summed E-state index contributed by atoms with van der Waals surface area (Å²) in [6, 6.07) is 10.1. The van der Waals surface area contributed by atoms with Gasteiger partial charge in [-0.2, -0.15) is 0 Å². The molecule has 124 valence electrons. The number of nitrogens with zero attached hydrogens (tertiary/aromatic N) is 3. The minimum absolute atomic E-state index is 0.0243. The monoisotopic (exact) mass is 345 g/mol. The van der Waals surface area contributed by atoms with Crippen LogP contribution in [0, 0.1) is 10.1 Å². The Morgan fingerprint density at radius 1 is 1.33 bits per heavy atom. The van der Waals surface area contributed by atoms with Crippen LogP contribution in [-0.4, -0.2) is 23.2 Å². The Hall–Kier alpha value is -2.71. The number of ether oxygens (including phenoxy) is 1. The molecule has 0 aliphatic carbocycles. The maximum atomic E-state index is 11.2. The van der Waals surface area contributed by atoms with Crippen molar-refractivity contribution >= 4 is 22.7 Å². The standard InChI is InChI=1S/C16H15N3O4S/c1-22-10-8-18-14(15-7-4-9-23-15)11-24-16(18)17-12-5-2-3-6-13(12)19(20)21/h2-7,9,11H,8,10H2,1H3. The lowest BCUT2D eigenvalue weighted by atomic mass is 10.3. The van der Waals surface area contributed by atoms with Gasteiger partial charge in [0.1, 0.15) is 5.69 Å². The molecule has 3 rings (SSSR count). The zero-order valence-corrected chi connectivity index (χ0v) is 13.7. The van der Waals surface area contributed by atoms with Crippen LogP contribution in [0.1, 0.15) is 0 Å². The molecule has 3 aromatic rings. The van der Waals surface area contributed by atoms with E-state index >= 15 is 0 Å². The third-order valence-electron chi connectivity index (χ3n) is 3.38. The minimum Gasteiger partial charge on any atom is -0.463 e. The summed E-state index contributed by atoms with van der Waals surface area (Å²) in [5.74, 6) is 0.714. The molecule has 0 aliphatic heterocycles. The first kappa shape index (κ1) is 16.2. The molecule has 2 aromatic heterocycles. The van der Waals surface area contributed by atoms with E-state index in [9.17, 15) is 10.1 Å². The molecule has 0 unspecified atom stereocenters. The van der Waals surface area contributed by atoms with Gasteiger partial charge in [-0.1, -0.05) is 12.1 Å². The number of furan rings is 1. The normalized spacial score (nSPS) is 11.8. The molecule has 1 aromatic carbocycles. The smallest absolute Gasteiger partial charge is 0.294 e. The van der Waals surface area contributed by atoms with E-state index in [0.29, 0.717) is 29.4 Å². The van der Waals surface area contributed by atoms with Crippen LogP contribution in [0.25, 0.3) is 11.5 Å². The third-order valence-corrected chi connectivity index (χ3v) is 4.25. The predicted molar refractivity (Wildman–Crippen MR) is 90.2 cm³/mol. The SMILES string of the molecule is COCCn1c(-c2ccco2)csc1=Nc1ccccc1[N+](=O)[O-]. The van der Waals surface area contributed by atoms with Crippen molar-refractivity contribution in [3.63, 3.8) is 0 Å². The van der Waals surface area contributed by atoms with Crippen molar-refractivity contribution in [1.29, 1.82) is 0 Å². The second-order valence-corrected chi connectivity index (χ2v) is 5.72. The van der Waals surface area contributed by atoms with Crippen molar-refractivity contribution in [3.8, 4) is 11.5 Å². The summed E-state index contributed by atoms with van der Waals surface area (Å²) in [6.45, 7) is 1.06. The van der Waals surface area contributed by atoms with Crippen LogP contribution in [0.5, 0.6) is 0 Å². The fourth-order valence-corrected chi connectivity index (χ4v) is 3.18. The predicted octanol–water partition coefficient (Wildman–Crippen LogP) is 3.60. The lowest BCUT2D eigenvalue weighted by molar-refractivity contribution is -0.384. The van der Waals surface area contributed by atoms with E-state index < -0.39 is 4.92 Å². The van der Waals surface area contributed by atoms with E-state index in [-0.39, 0.29) is 5.69 Å². The van der Waals surface area contributed by atoms with Gasteiger partial charge in [-0.25, -0.2) is 4.99 Å². The Bertz CT molecular complexity index is 896. The Morgan fingerprint density at radius 2 is 2.17 bits per heavy atom. The Morgan fingerprint density at radius 3 is 2.88 bits per heavy atom. The maximum absolute atomic E-state index is 11.2. The van der Waals surface area contributed by atoms with Gasteiger partial charge in [0.05, 0.1) is 23.5 Å². The molecule has 7 nitrogen and oxygen atoms in total. The number of nitro benzene ring substituents is 1. The highest BCUT2D eigenvalue weighted by molar-refractivity contribution is 7.07. The second kappa shape index (κ2) is 7.24. The van der Waals surface area contributed by atoms with Crippen molar-refractivity contribution < 1.29 is 14.1 Å². The third kappa shape index (κ3) is 3.29. The average molecular weight is 345 g/mol. The van der Waals surface area contributed by atoms with Crippen LogP contribution >= 0.6 is 11.3 Å².